The standard InChI is InChI=1S/C29H24N6O4/c1-34-16-31-25(26(34)17-5-7-18(8-6-17)27(37)32-23-4-2-3-13-30-23)19-9-10-21-20(14-19)15-35(29(21)39)22-11-12-24(36)33-28(22)38/h2-10,13-14,16,22H,11-12,15H2,1H3,(H,30,32,37)(H,33,36,38). The fourth-order valence-corrected chi connectivity index (χ4v) is 5.11. The lowest BCUT2D eigenvalue weighted by molar-refractivity contribution is -0.136. The highest BCUT2D eigenvalue weighted by molar-refractivity contribution is 6.06. The molecule has 0 spiro atoms. The van der Waals surface area contributed by atoms with Crippen molar-refractivity contribution in [3.63, 3.8) is 0 Å². The van der Waals surface area contributed by atoms with Gasteiger partial charge in [-0.15, -0.1) is 0 Å². The van der Waals surface area contributed by atoms with E-state index in [0.29, 0.717) is 23.4 Å². The number of fused-ring (bicyclic) bond motifs is 1. The predicted molar refractivity (Wildman–Crippen MR) is 142 cm³/mol. The van der Waals surface area contributed by atoms with Gasteiger partial charge >= 0.3 is 0 Å². The maximum Gasteiger partial charge on any atom is 0.256 e. The number of hydrogen-bond donors (Lipinski definition) is 2. The first-order valence-corrected chi connectivity index (χ1v) is 12.5. The molecule has 39 heavy (non-hydrogen) atoms. The number of aromatic nitrogens is 3. The molecule has 10 heteroatoms. The van der Waals surface area contributed by atoms with Gasteiger partial charge in [0.25, 0.3) is 11.8 Å². The monoisotopic (exact) mass is 520 g/mol. The third-order valence-electron chi connectivity index (χ3n) is 7.06. The Hall–Kier alpha value is -5.12. The van der Waals surface area contributed by atoms with Crippen molar-refractivity contribution in [1.82, 2.24) is 24.8 Å². The molecule has 4 amide bonds. The third-order valence-corrected chi connectivity index (χ3v) is 7.06. The summed E-state index contributed by atoms with van der Waals surface area (Å²) in [4.78, 5) is 59.9. The lowest BCUT2D eigenvalue weighted by Gasteiger charge is -2.29. The summed E-state index contributed by atoms with van der Waals surface area (Å²) in [5.41, 5.74) is 5.15. The van der Waals surface area contributed by atoms with Crippen LogP contribution in [0.15, 0.2) is 73.2 Å². The molecule has 0 aliphatic carbocycles. The Morgan fingerprint density at radius 2 is 1.79 bits per heavy atom. The van der Waals surface area contributed by atoms with E-state index in [4.69, 9.17) is 0 Å². The van der Waals surface area contributed by atoms with E-state index in [2.05, 4.69) is 20.6 Å². The van der Waals surface area contributed by atoms with Crippen LogP contribution in [-0.4, -0.2) is 49.1 Å². The minimum atomic E-state index is -0.662. The molecule has 2 aliphatic heterocycles. The van der Waals surface area contributed by atoms with Crippen molar-refractivity contribution in [2.75, 3.05) is 5.32 Å². The average molecular weight is 521 g/mol. The highest BCUT2D eigenvalue weighted by atomic mass is 16.2. The van der Waals surface area contributed by atoms with Gasteiger partial charge in [-0.3, -0.25) is 24.5 Å². The highest BCUT2D eigenvalue weighted by Gasteiger charge is 2.39. The lowest BCUT2D eigenvalue weighted by atomic mass is 10.00. The molecule has 1 atom stereocenters. The second-order valence-electron chi connectivity index (χ2n) is 9.57. The van der Waals surface area contributed by atoms with Crippen LogP contribution in [0, 0.1) is 0 Å². The maximum absolute atomic E-state index is 13.1. The van der Waals surface area contributed by atoms with E-state index in [0.717, 1.165) is 28.1 Å². The van der Waals surface area contributed by atoms with E-state index in [1.54, 1.807) is 48.9 Å². The summed E-state index contributed by atoms with van der Waals surface area (Å²) in [6.07, 6.45) is 3.87. The Balaban J connectivity index is 1.25. The van der Waals surface area contributed by atoms with Crippen LogP contribution < -0.4 is 10.6 Å². The molecular weight excluding hydrogens is 496 g/mol. The van der Waals surface area contributed by atoms with E-state index in [1.807, 2.05) is 35.9 Å². The van der Waals surface area contributed by atoms with E-state index < -0.39 is 11.9 Å². The second kappa shape index (κ2) is 9.64. The summed E-state index contributed by atoms with van der Waals surface area (Å²) >= 11 is 0. The third kappa shape index (κ3) is 4.46. The minimum absolute atomic E-state index is 0.211. The van der Waals surface area contributed by atoms with Crippen LogP contribution in [0.25, 0.3) is 22.5 Å². The largest absolute Gasteiger partial charge is 0.333 e. The van der Waals surface area contributed by atoms with Crippen molar-refractivity contribution in [3.05, 3.63) is 89.9 Å². The van der Waals surface area contributed by atoms with E-state index in [-0.39, 0.29) is 30.7 Å². The fraction of sp³-hybridized carbons (Fsp3) is 0.172. The molecule has 0 saturated carbocycles. The molecule has 0 bridgehead atoms. The van der Waals surface area contributed by atoms with Gasteiger partial charge in [0.05, 0.1) is 17.7 Å². The van der Waals surface area contributed by atoms with Crippen LogP contribution in [0.1, 0.15) is 39.1 Å². The van der Waals surface area contributed by atoms with Gasteiger partial charge < -0.3 is 14.8 Å². The number of hydrogen-bond acceptors (Lipinski definition) is 6. The molecule has 4 heterocycles. The van der Waals surface area contributed by atoms with Crippen molar-refractivity contribution in [2.24, 2.45) is 7.05 Å². The molecule has 1 fully saturated rings. The van der Waals surface area contributed by atoms with Crippen LogP contribution in [0.5, 0.6) is 0 Å². The second-order valence-corrected chi connectivity index (χ2v) is 9.57. The van der Waals surface area contributed by atoms with Crippen molar-refractivity contribution in [1.29, 1.82) is 0 Å². The molecule has 2 N–H and O–H groups in total. The number of nitrogens with zero attached hydrogens (tertiary/aromatic N) is 4. The summed E-state index contributed by atoms with van der Waals surface area (Å²) in [5.74, 6) is -0.739. The van der Waals surface area contributed by atoms with E-state index in [9.17, 15) is 19.2 Å². The molecule has 0 radical (unpaired) electrons. The number of pyridine rings is 1. The summed E-state index contributed by atoms with van der Waals surface area (Å²) in [6, 6.07) is 17.4. The Morgan fingerprint density at radius 1 is 1.00 bits per heavy atom. The smallest absolute Gasteiger partial charge is 0.256 e. The number of imide groups is 1. The molecular formula is C29H24N6O4. The number of nitrogens with one attached hydrogen (secondary N) is 2. The van der Waals surface area contributed by atoms with Crippen LogP contribution in [0.3, 0.4) is 0 Å². The van der Waals surface area contributed by atoms with Crippen molar-refractivity contribution in [3.8, 4) is 22.5 Å². The Morgan fingerprint density at radius 3 is 2.54 bits per heavy atom. The topological polar surface area (TPSA) is 126 Å². The number of piperidine rings is 1. The quantitative estimate of drug-likeness (QED) is 0.390. The number of rotatable bonds is 5. The molecule has 2 aromatic carbocycles. The molecule has 4 aromatic rings. The zero-order chi connectivity index (χ0) is 27.1. The van der Waals surface area contributed by atoms with Gasteiger partial charge in [-0.2, -0.15) is 0 Å². The SMILES string of the molecule is Cn1cnc(-c2ccc3c(c2)CN(C2CCC(=O)NC2=O)C3=O)c1-c1ccc(C(=O)Nc2ccccn2)cc1. The number of anilines is 1. The maximum atomic E-state index is 13.1. The van der Waals surface area contributed by atoms with Gasteiger partial charge in [0.15, 0.2) is 0 Å². The van der Waals surface area contributed by atoms with Gasteiger partial charge in [-0.25, -0.2) is 9.97 Å². The van der Waals surface area contributed by atoms with Gasteiger partial charge in [0.2, 0.25) is 11.8 Å². The zero-order valence-electron chi connectivity index (χ0n) is 21.0. The summed E-state index contributed by atoms with van der Waals surface area (Å²) in [7, 11) is 1.90. The minimum Gasteiger partial charge on any atom is -0.333 e. The van der Waals surface area contributed by atoms with Crippen LogP contribution in [-0.2, 0) is 23.2 Å². The number of benzene rings is 2. The van der Waals surface area contributed by atoms with E-state index >= 15 is 0 Å². The molecule has 6 rings (SSSR count). The Labute approximate surface area is 223 Å². The van der Waals surface area contributed by atoms with Crippen LogP contribution >= 0.6 is 0 Å². The van der Waals surface area contributed by atoms with Gasteiger partial charge in [0, 0.05) is 48.5 Å². The molecule has 194 valence electrons. The van der Waals surface area contributed by atoms with Crippen molar-refractivity contribution < 1.29 is 19.2 Å². The Kier molecular flexibility index (Phi) is 5.99. The lowest BCUT2D eigenvalue weighted by Crippen LogP contribution is -2.52. The van der Waals surface area contributed by atoms with E-state index in [1.165, 1.54) is 4.90 Å². The fourth-order valence-electron chi connectivity index (χ4n) is 5.11. The number of amides is 4. The zero-order valence-corrected chi connectivity index (χ0v) is 21.0. The van der Waals surface area contributed by atoms with Crippen LogP contribution in [0.2, 0.25) is 0 Å². The predicted octanol–water partition coefficient (Wildman–Crippen LogP) is 3.16. The first-order chi connectivity index (χ1) is 18.9. The number of carbonyl (C=O) groups is 4. The highest BCUT2D eigenvalue weighted by Crippen LogP contribution is 2.35. The molecule has 1 saturated heterocycles. The molecule has 2 aliphatic rings. The number of carbonyl (C=O) groups excluding carboxylic acids is 4. The normalized spacial score (nSPS) is 16.7. The van der Waals surface area contributed by atoms with Gasteiger partial charge in [-0.05, 0) is 48.4 Å². The Bertz CT molecular complexity index is 1630. The first-order valence-electron chi connectivity index (χ1n) is 12.5. The van der Waals surface area contributed by atoms with Gasteiger partial charge in [0.1, 0.15) is 11.9 Å². The van der Waals surface area contributed by atoms with Crippen LogP contribution in [0.4, 0.5) is 5.82 Å². The summed E-state index contributed by atoms with van der Waals surface area (Å²) in [5, 5.41) is 5.11. The number of imidazole rings is 1. The average Bonchev–Trinajstić information content (AvgIpc) is 3.48. The summed E-state index contributed by atoms with van der Waals surface area (Å²) < 4.78 is 1.91. The first kappa shape index (κ1) is 24.2. The molecule has 2 aromatic heterocycles. The summed E-state index contributed by atoms with van der Waals surface area (Å²) in [6.45, 7) is 0.288. The van der Waals surface area contributed by atoms with Crippen molar-refractivity contribution >= 4 is 29.4 Å². The molecule has 10 nitrogen and oxygen atoms in total. The van der Waals surface area contributed by atoms with Crippen molar-refractivity contribution in [2.45, 2.75) is 25.4 Å². The number of aryl methyl sites for hydroxylation is 1. The molecule has 1 unspecified atom stereocenters. The van der Waals surface area contributed by atoms with Gasteiger partial charge in [-0.1, -0.05) is 24.3 Å².